The third-order valence-corrected chi connectivity index (χ3v) is 6.32. The van der Waals surface area contributed by atoms with Crippen LogP contribution in [0, 0.1) is 6.92 Å². The number of nitrogens with zero attached hydrogens (tertiary/aromatic N) is 1. The number of ether oxygens (including phenoxy) is 1. The second-order valence-electron chi connectivity index (χ2n) is 6.46. The Morgan fingerprint density at radius 1 is 1.23 bits per heavy atom. The molecule has 0 bridgehead atoms. The number of aryl methyl sites for hydroxylation is 1. The molecule has 3 rings (SSSR count). The minimum Gasteiger partial charge on any atom is -0.497 e. The molecule has 0 aliphatic carbocycles. The van der Waals surface area contributed by atoms with E-state index in [0.717, 1.165) is 16.7 Å². The number of benzene rings is 2. The second-order valence-corrected chi connectivity index (χ2v) is 8.44. The van der Waals surface area contributed by atoms with Crippen molar-refractivity contribution in [3.05, 3.63) is 65.2 Å². The molecule has 1 aliphatic rings. The molecule has 1 N–H and O–H groups in total. The average molecular weight is 376 g/mol. The lowest BCUT2D eigenvalue weighted by molar-refractivity contribution is -0.110. The minimum absolute atomic E-state index is 0.113. The molecule has 0 radical (unpaired) electrons. The van der Waals surface area contributed by atoms with E-state index in [1.807, 2.05) is 55.5 Å². The molecule has 1 saturated heterocycles. The molecule has 1 heterocycles. The van der Waals surface area contributed by atoms with Gasteiger partial charge in [-0.2, -0.15) is 5.06 Å². The smallest absolute Gasteiger partial charge is 0.219 e. The van der Waals surface area contributed by atoms with E-state index in [1.54, 1.807) is 19.2 Å². The highest BCUT2D eigenvalue weighted by molar-refractivity contribution is 7.90. The van der Waals surface area contributed by atoms with Crippen molar-refractivity contribution in [2.24, 2.45) is 0 Å². The highest BCUT2D eigenvalue weighted by Crippen LogP contribution is 2.34. The third-order valence-electron chi connectivity index (χ3n) is 4.58. The van der Waals surface area contributed by atoms with Gasteiger partial charge in [0.1, 0.15) is 11.0 Å². The zero-order valence-electron chi connectivity index (χ0n) is 15.2. The normalized spacial score (nSPS) is 21.0. The lowest BCUT2D eigenvalue weighted by Crippen LogP contribution is -2.39. The van der Waals surface area contributed by atoms with Crippen molar-refractivity contribution in [2.45, 2.75) is 24.8 Å². The number of sulfonamides is 1. The lowest BCUT2D eigenvalue weighted by Gasteiger charge is -2.23. The van der Waals surface area contributed by atoms with Crippen LogP contribution in [0.2, 0.25) is 0 Å². The molecule has 0 amide bonds. The third kappa shape index (κ3) is 4.07. The SMILES string of the molecule is COc1cccc([C@H]2[C@@H](S(=O)(=O)NCc3cccc(C)c3)CON2C)c1. The van der Waals surface area contributed by atoms with Gasteiger partial charge in [-0.25, -0.2) is 13.1 Å². The van der Waals surface area contributed by atoms with Crippen LogP contribution in [0.3, 0.4) is 0 Å². The highest BCUT2D eigenvalue weighted by atomic mass is 32.2. The molecule has 0 saturated carbocycles. The quantitative estimate of drug-likeness (QED) is 0.839. The van der Waals surface area contributed by atoms with E-state index < -0.39 is 21.3 Å². The van der Waals surface area contributed by atoms with Crippen molar-refractivity contribution in [1.82, 2.24) is 9.79 Å². The summed E-state index contributed by atoms with van der Waals surface area (Å²) in [5.41, 5.74) is 2.87. The Labute approximate surface area is 154 Å². The summed E-state index contributed by atoms with van der Waals surface area (Å²) >= 11 is 0. The molecule has 0 unspecified atom stereocenters. The fourth-order valence-electron chi connectivity index (χ4n) is 3.22. The first-order chi connectivity index (χ1) is 12.4. The first-order valence-electron chi connectivity index (χ1n) is 8.44. The Balaban J connectivity index is 1.80. The van der Waals surface area contributed by atoms with Crippen LogP contribution in [-0.2, 0) is 21.4 Å². The predicted octanol–water partition coefficient (Wildman–Crippen LogP) is 2.41. The summed E-state index contributed by atoms with van der Waals surface area (Å²) in [6, 6.07) is 14.8. The van der Waals surface area contributed by atoms with Gasteiger partial charge in [0.25, 0.3) is 0 Å². The molecule has 1 aliphatic heterocycles. The minimum atomic E-state index is -3.58. The number of methoxy groups -OCH3 is 1. The Bertz CT molecular complexity index is 869. The molecule has 2 aromatic rings. The molecule has 7 heteroatoms. The van der Waals surface area contributed by atoms with Crippen LogP contribution in [0.4, 0.5) is 0 Å². The van der Waals surface area contributed by atoms with Crippen LogP contribution in [0.1, 0.15) is 22.7 Å². The summed E-state index contributed by atoms with van der Waals surface area (Å²) in [6.07, 6.45) is 0. The molecule has 0 spiro atoms. The van der Waals surface area contributed by atoms with Crippen molar-refractivity contribution < 1.29 is 18.0 Å². The van der Waals surface area contributed by atoms with Gasteiger partial charge < -0.3 is 4.74 Å². The van der Waals surface area contributed by atoms with Crippen molar-refractivity contribution in [1.29, 1.82) is 0 Å². The van der Waals surface area contributed by atoms with Gasteiger partial charge in [0.2, 0.25) is 10.0 Å². The van der Waals surface area contributed by atoms with E-state index in [0.29, 0.717) is 5.75 Å². The Morgan fingerprint density at radius 2 is 2.00 bits per heavy atom. The molecule has 0 aromatic heterocycles. The molecule has 26 heavy (non-hydrogen) atoms. The summed E-state index contributed by atoms with van der Waals surface area (Å²) in [4.78, 5) is 5.54. The van der Waals surface area contributed by atoms with Crippen molar-refractivity contribution in [2.75, 3.05) is 20.8 Å². The molecular weight excluding hydrogens is 352 g/mol. The van der Waals surface area contributed by atoms with E-state index in [1.165, 1.54) is 0 Å². The lowest BCUT2D eigenvalue weighted by atomic mass is 10.0. The standard InChI is InChI=1S/C19H24N2O4S/c1-14-6-4-7-15(10-14)12-20-26(22,23)18-13-25-21(2)19(18)16-8-5-9-17(11-16)24-3/h4-11,18-20H,12-13H2,1-3H3/t18-,19-/m0/s1. The number of hydrogen-bond acceptors (Lipinski definition) is 5. The zero-order valence-corrected chi connectivity index (χ0v) is 16.0. The van der Waals surface area contributed by atoms with Crippen molar-refractivity contribution >= 4 is 10.0 Å². The van der Waals surface area contributed by atoms with Gasteiger partial charge >= 0.3 is 0 Å². The molecule has 6 nitrogen and oxygen atoms in total. The maximum atomic E-state index is 12.9. The van der Waals surface area contributed by atoms with Crippen LogP contribution in [-0.4, -0.2) is 39.5 Å². The van der Waals surface area contributed by atoms with Gasteiger partial charge in [-0.15, -0.1) is 0 Å². The molecular formula is C19H24N2O4S. The fraction of sp³-hybridized carbons (Fsp3) is 0.368. The number of nitrogens with one attached hydrogen (secondary N) is 1. The van der Waals surface area contributed by atoms with Gasteiger partial charge in [0.15, 0.2) is 0 Å². The fourth-order valence-corrected chi connectivity index (χ4v) is 4.71. The van der Waals surface area contributed by atoms with Gasteiger partial charge in [0.05, 0.1) is 19.8 Å². The molecule has 140 valence electrons. The van der Waals surface area contributed by atoms with Crippen LogP contribution < -0.4 is 9.46 Å². The maximum absolute atomic E-state index is 12.9. The van der Waals surface area contributed by atoms with E-state index in [4.69, 9.17) is 9.57 Å². The summed E-state index contributed by atoms with van der Waals surface area (Å²) in [7, 11) is -0.239. The van der Waals surface area contributed by atoms with Crippen molar-refractivity contribution in [3.8, 4) is 5.75 Å². The first kappa shape index (κ1) is 18.8. The Hall–Kier alpha value is -1.93. The zero-order chi connectivity index (χ0) is 18.7. The Morgan fingerprint density at radius 3 is 2.73 bits per heavy atom. The number of hydroxylamine groups is 2. The summed E-state index contributed by atoms with van der Waals surface area (Å²) in [5, 5.41) is 0.898. The van der Waals surface area contributed by atoms with Crippen LogP contribution in [0.15, 0.2) is 48.5 Å². The monoisotopic (exact) mass is 376 g/mol. The van der Waals surface area contributed by atoms with Gasteiger partial charge in [0, 0.05) is 13.6 Å². The average Bonchev–Trinajstić information content (AvgIpc) is 3.03. The summed E-state index contributed by atoms with van der Waals surface area (Å²) < 4.78 is 33.8. The largest absolute Gasteiger partial charge is 0.497 e. The van der Waals surface area contributed by atoms with Gasteiger partial charge in [-0.3, -0.25) is 4.84 Å². The van der Waals surface area contributed by atoms with E-state index in [9.17, 15) is 8.42 Å². The van der Waals surface area contributed by atoms with Crippen LogP contribution >= 0.6 is 0 Å². The number of rotatable bonds is 6. The summed E-state index contributed by atoms with van der Waals surface area (Å²) in [6.45, 7) is 2.35. The maximum Gasteiger partial charge on any atom is 0.219 e. The molecule has 2 aromatic carbocycles. The van der Waals surface area contributed by atoms with Crippen molar-refractivity contribution in [3.63, 3.8) is 0 Å². The van der Waals surface area contributed by atoms with Crippen LogP contribution in [0.25, 0.3) is 0 Å². The molecule has 2 atom stereocenters. The Kier molecular flexibility index (Phi) is 5.62. The highest BCUT2D eigenvalue weighted by Gasteiger charge is 2.43. The van der Waals surface area contributed by atoms with E-state index in [2.05, 4.69) is 4.72 Å². The topological polar surface area (TPSA) is 67.9 Å². The number of hydrogen-bond donors (Lipinski definition) is 1. The molecule has 1 fully saturated rings. The summed E-state index contributed by atoms with van der Waals surface area (Å²) in [5.74, 6) is 0.687. The van der Waals surface area contributed by atoms with Crippen LogP contribution in [0.5, 0.6) is 5.75 Å². The predicted molar refractivity (Wildman–Crippen MR) is 100 cm³/mol. The van der Waals surface area contributed by atoms with Gasteiger partial charge in [-0.1, -0.05) is 42.0 Å². The second kappa shape index (κ2) is 7.75. The first-order valence-corrected chi connectivity index (χ1v) is 9.99. The van der Waals surface area contributed by atoms with E-state index >= 15 is 0 Å². The van der Waals surface area contributed by atoms with E-state index in [-0.39, 0.29) is 13.2 Å². The van der Waals surface area contributed by atoms with Gasteiger partial charge in [-0.05, 0) is 30.2 Å².